The largest absolute Gasteiger partial charge is 0.784 e. The average molecular weight is 272 g/mol. The Bertz CT molecular complexity index is 777. The fourth-order valence-corrected chi connectivity index (χ4v) is 2.41. The van der Waals surface area contributed by atoms with Crippen LogP contribution in [0.25, 0.3) is 0 Å². The zero-order valence-electron chi connectivity index (χ0n) is 22.9. The first kappa shape index (κ1) is 5.50. The van der Waals surface area contributed by atoms with Crippen molar-refractivity contribution in [3.05, 3.63) is 40.1 Å². The van der Waals surface area contributed by atoms with E-state index in [1.54, 1.807) is 0 Å². The van der Waals surface area contributed by atoms with Gasteiger partial charge in [-0.15, -0.1) is 0 Å². The summed E-state index contributed by atoms with van der Waals surface area (Å²) in [5.74, 6) is 0. The van der Waals surface area contributed by atoms with Gasteiger partial charge in [-0.1, -0.05) is 38.0 Å². The lowest BCUT2D eigenvalue weighted by Crippen LogP contribution is -2.40. The highest BCUT2D eigenvalue weighted by atomic mass is 16.5. The summed E-state index contributed by atoms with van der Waals surface area (Å²) in [5, 5.41) is 13.0. The van der Waals surface area contributed by atoms with Crippen LogP contribution < -0.4 is 0 Å². The highest BCUT2D eigenvalue weighted by Crippen LogP contribution is 2.48. The molecule has 2 rings (SSSR count). The van der Waals surface area contributed by atoms with Crippen LogP contribution in [-0.4, -0.2) is 5.06 Å². The van der Waals surface area contributed by atoms with E-state index in [0.717, 1.165) is 18.9 Å². The summed E-state index contributed by atoms with van der Waals surface area (Å²) >= 11 is 0. The summed E-state index contributed by atoms with van der Waals surface area (Å²) in [6.07, 6.45) is 2.89. The maximum Gasteiger partial charge on any atom is 0.0299 e. The van der Waals surface area contributed by atoms with Crippen LogP contribution in [0.15, 0.2) is 18.2 Å². The van der Waals surface area contributed by atoms with Gasteiger partial charge in [0.25, 0.3) is 0 Å². The molecule has 0 spiro atoms. The number of hydroxylamine groups is 2. The van der Waals surface area contributed by atoms with Gasteiger partial charge >= 0.3 is 0 Å². The van der Waals surface area contributed by atoms with Gasteiger partial charge in [-0.3, -0.25) is 0 Å². The van der Waals surface area contributed by atoms with Gasteiger partial charge in [-0.05, 0) is 56.9 Å². The summed E-state index contributed by atoms with van der Waals surface area (Å²) in [5.41, 5.74) is -7.37. The van der Waals surface area contributed by atoms with E-state index in [4.69, 9.17) is 16.4 Å². The van der Waals surface area contributed by atoms with Crippen LogP contribution in [0, 0.1) is 5.21 Å². The van der Waals surface area contributed by atoms with Crippen LogP contribution in [0.3, 0.4) is 0 Å². The molecule has 0 bridgehead atoms. The number of fused-ring (bicyclic) bond motifs is 1. The molecule has 2 nitrogen and oxygen atoms in total. The second-order valence-corrected chi connectivity index (χ2v) is 5.05. The predicted octanol–water partition coefficient (Wildman–Crippen LogP) is 4.70. The van der Waals surface area contributed by atoms with Gasteiger partial charge in [-0.25, -0.2) is 0 Å². The van der Waals surface area contributed by atoms with E-state index in [1.165, 1.54) is 12.1 Å². The first-order valence-electron chi connectivity index (χ1n) is 12.4. The first-order valence-corrected chi connectivity index (χ1v) is 6.43. The summed E-state index contributed by atoms with van der Waals surface area (Å²) in [6, 6.07) is 3.72. The molecule has 0 saturated heterocycles. The zero-order valence-corrected chi connectivity index (χ0v) is 10.9. The van der Waals surface area contributed by atoms with E-state index in [1.807, 2.05) is 6.92 Å². The molecule has 1 aliphatic heterocycles. The van der Waals surface area contributed by atoms with Crippen molar-refractivity contribution < 1.29 is 16.4 Å². The Kier molecular flexibility index (Phi) is 1.42. The smallest absolute Gasteiger partial charge is 0.0299 e. The van der Waals surface area contributed by atoms with Crippen molar-refractivity contribution >= 4 is 0 Å². The Balaban J connectivity index is 3.03. The maximum absolute atomic E-state index is 13.6. The molecule has 1 aromatic carbocycles. The molecule has 0 saturated carbocycles. The molecule has 1 heterocycles. The van der Waals surface area contributed by atoms with Gasteiger partial charge < -0.3 is 10.3 Å². The number of rotatable bonds is 4. The van der Waals surface area contributed by atoms with Crippen molar-refractivity contribution in [2.45, 2.75) is 71.1 Å². The Hall–Kier alpha value is -0.860. The van der Waals surface area contributed by atoms with Crippen LogP contribution in [0.2, 0.25) is 0 Å². The van der Waals surface area contributed by atoms with Gasteiger partial charge in [0, 0.05) is 27.5 Å². The number of benzene rings is 1. The predicted molar refractivity (Wildman–Crippen MR) is 80.9 cm³/mol. The number of aryl methyl sites for hydroxylation is 1. The third-order valence-corrected chi connectivity index (χ3v) is 3.54. The molecular weight excluding hydrogens is 234 g/mol. The average Bonchev–Trinajstić information content (AvgIpc) is 2.79. The van der Waals surface area contributed by atoms with E-state index in [9.17, 15) is 5.21 Å². The molecule has 106 valence electrons. The second-order valence-electron chi connectivity index (χ2n) is 5.05. The Morgan fingerprint density at radius 2 is 1.79 bits per heavy atom. The minimum Gasteiger partial charge on any atom is -0.784 e. The lowest BCUT2D eigenvalue weighted by molar-refractivity contribution is 0.101. The molecule has 0 fully saturated rings. The normalized spacial score (nSPS) is 32.5. The molecule has 0 N–H and O–H groups in total. The SMILES string of the molecule is [2H]C([2H])([2H])C1(C([2H])([2H])[2H])c2ccc(CCCCC)cc2C(C([2H])([2H])[2H])(C([2H])([2H])[2H])N1[O-]. The summed E-state index contributed by atoms with van der Waals surface area (Å²) in [4.78, 5) is 0. The molecule has 0 aromatic heterocycles. The monoisotopic (exact) mass is 272 g/mol. The van der Waals surface area contributed by atoms with Crippen LogP contribution in [-0.2, 0) is 17.5 Å². The third-order valence-electron chi connectivity index (χ3n) is 3.54. The fourth-order valence-electron chi connectivity index (χ4n) is 2.41. The highest BCUT2D eigenvalue weighted by Gasteiger charge is 2.43. The highest BCUT2D eigenvalue weighted by molar-refractivity contribution is 5.45. The minimum atomic E-state index is -3.55. The minimum absolute atomic E-state index is 0.437. The van der Waals surface area contributed by atoms with Crippen LogP contribution in [0.5, 0.6) is 0 Å². The van der Waals surface area contributed by atoms with Crippen LogP contribution in [0.4, 0.5) is 0 Å². The lowest BCUT2D eigenvalue weighted by atomic mass is 9.88. The maximum atomic E-state index is 13.6. The Morgan fingerprint density at radius 1 is 1.11 bits per heavy atom. The van der Waals surface area contributed by atoms with E-state index in [2.05, 4.69) is 0 Å². The Labute approximate surface area is 134 Å². The third kappa shape index (κ3) is 2.32. The molecular formula is C17H26NO-. The van der Waals surface area contributed by atoms with Crippen molar-refractivity contribution in [1.82, 2.24) is 5.06 Å². The molecule has 0 unspecified atom stereocenters. The van der Waals surface area contributed by atoms with Gasteiger partial charge in [0.2, 0.25) is 0 Å². The molecule has 0 radical (unpaired) electrons. The van der Waals surface area contributed by atoms with Crippen LogP contribution >= 0.6 is 0 Å². The summed E-state index contributed by atoms with van der Waals surface area (Å²) in [6.45, 7) is -12.2. The van der Waals surface area contributed by atoms with E-state index in [-0.39, 0.29) is 0 Å². The topological polar surface area (TPSA) is 26.3 Å². The molecule has 1 aliphatic rings. The Morgan fingerprint density at radius 3 is 2.42 bits per heavy atom. The second kappa shape index (κ2) is 4.92. The lowest BCUT2D eigenvalue weighted by Gasteiger charge is -2.46. The molecule has 0 aliphatic carbocycles. The standard InChI is InChI=1S/C17H26NO/c1-6-7-8-9-13-10-11-14-15(12-13)17(4,5)18(19)16(14,2)3/h10-12H,6-9H2,1-5H3/q-1/i2D3,3D3,4D3,5D3. The van der Waals surface area contributed by atoms with E-state index < -0.39 is 54.7 Å². The van der Waals surface area contributed by atoms with E-state index >= 15 is 0 Å². The molecule has 1 aromatic rings. The zero-order chi connectivity index (χ0) is 24.3. The number of unbranched alkanes of at least 4 members (excludes halogenated alkanes) is 2. The molecule has 2 heteroatoms. The van der Waals surface area contributed by atoms with Crippen molar-refractivity contribution in [2.75, 3.05) is 0 Å². The summed E-state index contributed by atoms with van der Waals surface area (Å²) < 4.78 is 95.5. The van der Waals surface area contributed by atoms with Gasteiger partial charge in [0.1, 0.15) is 0 Å². The van der Waals surface area contributed by atoms with Crippen molar-refractivity contribution in [1.29, 1.82) is 0 Å². The molecule has 0 amide bonds. The number of hydrogen-bond acceptors (Lipinski definition) is 2. The van der Waals surface area contributed by atoms with E-state index in [0.29, 0.717) is 18.4 Å². The quantitative estimate of drug-likeness (QED) is 0.742. The first-order chi connectivity index (χ1) is 13.8. The van der Waals surface area contributed by atoms with Crippen molar-refractivity contribution in [3.63, 3.8) is 0 Å². The molecule has 0 atom stereocenters. The molecule has 19 heavy (non-hydrogen) atoms. The van der Waals surface area contributed by atoms with Gasteiger partial charge in [-0.2, -0.15) is 0 Å². The number of nitrogens with zero attached hydrogens (tertiary/aromatic N) is 1. The summed E-state index contributed by atoms with van der Waals surface area (Å²) in [7, 11) is 0. The van der Waals surface area contributed by atoms with Crippen molar-refractivity contribution in [3.8, 4) is 0 Å². The van der Waals surface area contributed by atoms with Gasteiger partial charge in [0.05, 0.1) is 0 Å². The van der Waals surface area contributed by atoms with Crippen LogP contribution in [0.1, 0.15) is 86.7 Å². The van der Waals surface area contributed by atoms with Gasteiger partial charge in [0.15, 0.2) is 0 Å². The fraction of sp³-hybridized carbons (Fsp3) is 0.647. The van der Waals surface area contributed by atoms with Crippen molar-refractivity contribution in [2.24, 2.45) is 0 Å². The number of hydrogen-bond donors (Lipinski definition) is 0.